The van der Waals surface area contributed by atoms with Gasteiger partial charge in [0.1, 0.15) is 18.0 Å². The van der Waals surface area contributed by atoms with Crippen LogP contribution in [0.4, 0.5) is 4.79 Å². The Bertz CT molecular complexity index is 543. The molecular weight excluding hydrogens is 346 g/mol. The number of hydrogen-bond acceptors (Lipinski definition) is 3. The van der Waals surface area contributed by atoms with E-state index in [9.17, 15) is 4.79 Å². The highest BCUT2D eigenvalue weighted by Crippen LogP contribution is 2.45. The Balaban J connectivity index is 2.10. The first-order chi connectivity index (χ1) is 10.3. The molecule has 2 rings (SSSR count). The molecule has 22 heavy (non-hydrogen) atoms. The van der Waals surface area contributed by atoms with Crippen LogP contribution in [0.25, 0.3) is 0 Å². The third-order valence-corrected chi connectivity index (χ3v) is 4.20. The molecule has 1 aromatic rings. The first-order valence-corrected chi connectivity index (χ1v) is 8.49. The predicted molar refractivity (Wildman–Crippen MR) is 90.1 cm³/mol. The van der Waals surface area contributed by atoms with Crippen molar-refractivity contribution >= 4 is 22.0 Å². The Morgan fingerprint density at radius 2 is 2.14 bits per heavy atom. The monoisotopic (exact) mass is 369 g/mol. The van der Waals surface area contributed by atoms with E-state index in [4.69, 9.17) is 15.2 Å². The van der Waals surface area contributed by atoms with Crippen LogP contribution in [0.2, 0.25) is 0 Å². The highest BCUT2D eigenvalue weighted by molar-refractivity contribution is 9.10. The molecule has 0 bridgehead atoms. The number of nitrogens with two attached hydrogens (primary N) is 1. The topological polar surface area (TPSA) is 61.6 Å². The Labute approximate surface area is 140 Å². The molecule has 5 heteroatoms. The van der Waals surface area contributed by atoms with Crippen molar-refractivity contribution in [2.45, 2.75) is 51.6 Å². The van der Waals surface area contributed by atoms with Crippen LogP contribution < -0.4 is 10.5 Å². The lowest BCUT2D eigenvalue weighted by molar-refractivity contribution is -0.0188. The minimum atomic E-state index is -0.759. The fourth-order valence-electron chi connectivity index (χ4n) is 2.83. The fraction of sp³-hybridized carbons (Fsp3) is 0.588. The molecule has 1 amide bonds. The summed E-state index contributed by atoms with van der Waals surface area (Å²) in [6.45, 7) is 6.33. The Hall–Kier alpha value is -1.23. The smallest absolute Gasteiger partial charge is 0.405 e. The van der Waals surface area contributed by atoms with Crippen LogP contribution >= 0.6 is 15.9 Å². The average Bonchev–Trinajstić information content (AvgIpc) is 3.19. The minimum Gasteiger partial charge on any atom is -0.489 e. The second-order valence-corrected chi connectivity index (χ2v) is 7.63. The molecule has 2 N–H and O–H groups in total. The van der Waals surface area contributed by atoms with Gasteiger partial charge in [0.05, 0.1) is 0 Å². The van der Waals surface area contributed by atoms with Crippen molar-refractivity contribution in [3.05, 3.63) is 28.2 Å². The van der Waals surface area contributed by atoms with Crippen LogP contribution in [0.3, 0.4) is 0 Å². The van der Waals surface area contributed by atoms with Crippen molar-refractivity contribution in [2.24, 2.45) is 11.7 Å². The molecule has 0 aliphatic heterocycles. The van der Waals surface area contributed by atoms with E-state index < -0.39 is 11.7 Å². The van der Waals surface area contributed by atoms with Gasteiger partial charge in [0, 0.05) is 4.47 Å². The van der Waals surface area contributed by atoms with Crippen molar-refractivity contribution in [3.63, 3.8) is 0 Å². The van der Waals surface area contributed by atoms with Crippen LogP contribution in [0.5, 0.6) is 5.75 Å². The predicted octanol–water partition coefficient (Wildman–Crippen LogP) is 4.61. The number of benzene rings is 1. The number of ether oxygens (including phenoxy) is 2. The summed E-state index contributed by atoms with van der Waals surface area (Å²) in [6, 6.07) is 6.05. The molecule has 4 nitrogen and oxygen atoms in total. The molecule has 1 atom stereocenters. The molecule has 122 valence electrons. The van der Waals surface area contributed by atoms with Gasteiger partial charge in [-0.3, -0.25) is 0 Å². The van der Waals surface area contributed by atoms with Crippen LogP contribution in [-0.2, 0) is 4.74 Å². The van der Waals surface area contributed by atoms with E-state index in [1.54, 1.807) is 0 Å². The van der Waals surface area contributed by atoms with E-state index in [-0.39, 0.29) is 0 Å². The van der Waals surface area contributed by atoms with E-state index in [1.807, 2.05) is 19.1 Å². The first kappa shape index (κ1) is 17.1. The van der Waals surface area contributed by atoms with Crippen molar-refractivity contribution in [3.8, 4) is 5.75 Å². The van der Waals surface area contributed by atoms with Crippen LogP contribution in [0.15, 0.2) is 22.7 Å². The van der Waals surface area contributed by atoms with Gasteiger partial charge in [0.2, 0.25) is 0 Å². The summed E-state index contributed by atoms with van der Waals surface area (Å²) in [5.41, 5.74) is 5.72. The molecule has 0 radical (unpaired) electrons. The lowest BCUT2D eigenvalue weighted by Gasteiger charge is -2.30. The molecule has 1 fully saturated rings. The Morgan fingerprint density at radius 3 is 2.68 bits per heavy atom. The summed E-state index contributed by atoms with van der Waals surface area (Å²) in [5.74, 6) is 1.83. The number of amides is 1. The van der Waals surface area contributed by atoms with Crippen LogP contribution in [0, 0.1) is 5.92 Å². The zero-order valence-corrected chi connectivity index (χ0v) is 15.0. The Morgan fingerprint density at radius 1 is 1.45 bits per heavy atom. The summed E-state index contributed by atoms with van der Waals surface area (Å²) in [4.78, 5) is 11.2. The molecule has 0 unspecified atom stereocenters. The molecule has 0 spiro atoms. The van der Waals surface area contributed by atoms with E-state index in [2.05, 4.69) is 35.8 Å². The normalized spacial score (nSPS) is 17.1. The van der Waals surface area contributed by atoms with E-state index in [1.165, 1.54) is 18.4 Å². The van der Waals surface area contributed by atoms with Gasteiger partial charge < -0.3 is 15.2 Å². The molecule has 1 aromatic carbocycles. The molecule has 1 aliphatic rings. The van der Waals surface area contributed by atoms with Crippen molar-refractivity contribution in [2.75, 3.05) is 6.61 Å². The van der Waals surface area contributed by atoms with Gasteiger partial charge in [0.15, 0.2) is 0 Å². The largest absolute Gasteiger partial charge is 0.489 e. The van der Waals surface area contributed by atoms with Gasteiger partial charge in [-0.25, -0.2) is 4.79 Å². The van der Waals surface area contributed by atoms with Gasteiger partial charge in [-0.15, -0.1) is 0 Å². The molecule has 0 heterocycles. The molecule has 1 aliphatic carbocycles. The minimum absolute atomic E-state index is 0.301. The van der Waals surface area contributed by atoms with Gasteiger partial charge in [-0.05, 0) is 61.8 Å². The number of primary amides is 1. The highest BCUT2D eigenvalue weighted by atomic mass is 79.9. The number of hydrogen-bond donors (Lipinski definition) is 1. The first-order valence-electron chi connectivity index (χ1n) is 7.70. The van der Waals surface area contributed by atoms with Gasteiger partial charge in [-0.2, -0.15) is 0 Å². The van der Waals surface area contributed by atoms with Gasteiger partial charge in [0.25, 0.3) is 0 Å². The van der Waals surface area contributed by atoms with Crippen molar-refractivity contribution in [1.29, 1.82) is 0 Å². The maximum atomic E-state index is 11.2. The zero-order valence-electron chi connectivity index (χ0n) is 13.4. The Kier molecular flexibility index (Phi) is 5.37. The summed E-state index contributed by atoms with van der Waals surface area (Å²) < 4.78 is 12.4. The molecule has 1 saturated carbocycles. The maximum absolute atomic E-state index is 11.2. The number of halogens is 1. The zero-order chi connectivity index (χ0) is 16.3. The van der Waals surface area contributed by atoms with Crippen LogP contribution in [0.1, 0.15) is 51.5 Å². The van der Waals surface area contributed by atoms with E-state index in [0.717, 1.165) is 10.2 Å². The highest BCUT2D eigenvalue weighted by Gasteiger charge is 2.32. The number of rotatable bonds is 7. The van der Waals surface area contributed by atoms with Gasteiger partial charge >= 0.3 is 6.09 Å². The second kappa shape index (κ2) is 6.90. The summed E-state index contributed by atoms with van der Waals surface area (Å²) >= 11 is 3.51. The second-order valence-electron chi connectivity index (χ2n) is 6.71. The summed E-state index contributed by atoms with van der Waals surface area (Å²) in [6.07, 6.45) is 2.34. The maximum Gasteiger partial charge on any atom is 0.405 e. The van der Waals surface area contributed by atoms with Crippen molar-refractivity contribution in [1.82, 2.24) is 0 Å². The lowest BCUT2D eigenvalue weighted by Crippen LogP contribution is -2.41. The standard InChI is InChI=1S/C17H24BrNO3/c1-11(2)9-17(3,22-16(19)20)10-21-15-7-6-13(18)8-14(15)12-4-5-12/h6-8,11-12H,4-5,9-10H2,1-3H3,(H2,19,20)/t17-/m0/s1. The number of carbonyl (C=O) groups excluding carboxylic acids is 1. The van der Waals surface area contributed by atoms with E-state index in [0.29, 0.717) is 24.9 Å². The SMILES string of the molecule is CC(C)C[C@@](C)(COc1ccc(Br)cc1C1CC1)OC(N)=O. The summed E-state index contributed by atoms with van der Waals surface area (Å²) in [5, 5.41) is 0. The van der Waals surface area contributed by atoms with Gasteiger partial charge in [-0.1, -0.05) is 29.8 Å². The summed E-state index contributed by atoms with van der Waals surface area (Å²) in [7, 11) is 0. The third kappa shape index (κ3) is 4.90. The molecule has 0 aromatic heterocycles. The molecule has 0 saturated heterocycles. The molecular formula is C17H24BrNO3. The number of carbonyl (C=O) groups is 1. The van der Waals surface area contributed by atoms with E-state index >= 15 is 0 Å². The lowest BCUT2D eigenvalue weighted by atomic mass is 9.95. The van der Waals surface area contributed by atoms with Crippen LogP contribution in [-0.4, -0.2) is 18.3 Å². The quantitative estimate of drug-likeness (QED) is 0.763. The fourth-order valence-corrected chi connectivity index (χ4v) is 3.21. The van der Waals surface area contributed by atoms with Crippen molar-refractivity contribution < 1.29 is 14.3 Å². The average molecular weight is 370 g/mol. The third-order valence-electron chi connectivity index (χ3n) is 3.71.